The molecule has 0 aliphatic heterocycles. The fourth-order valence-corrected chi connectivity index (χ4v) is 3.87. The van der Waals surface area contributed by atoms with Crippen LogP contribution in [-0.4, -0.2) is 38.1 Å². The molecule has 0 spiro atoms. The van der Waals surface area contributed by atoms with Gasteiger partial charge in [0.2, 0.25) is 11.7 Å². The van der Waals surface area contributed by atoms with Crippen LogP contribution in [0.1, 0.15) is 42.5 Å². The number of benzene rings is 2. The maximum atomic E-state index is 12.6. The lowest BCUT2D eigenvalue weighted by molar-refractivity contribution is -0.123. The molecule has 0 bridgehead atoms. The number of nitrogens with zero attached hydrogens (tertiary/aromatic N) is 4. The summed E-state index contributed by atoms with van der Waals surface area (Å²) < 4.78 is 0. The molecular formula is C22H23ClN6O2. The zero-order chi connectivity index (χ0) is 21.6. The molecule has 1 aliphatic carbocycles. The minimum Gasteiger partial charge on any atom is -0.352 e. The minimum absolute atomic E-state index is 0.000536. The third kappa shape index (κ3) is 5.46. The summed E-state index contributed by atoms with van der Waals surface area (Å²) in [5.74, 6) is -0.0972. The lowest BCUT2D eigenvalue weighted by Crippen LogP contribution is -2.38. The highest BCUT2D eigenvalue weighted by atomic mass is 35.5. The Morgan fingerprint density at radius 3 is 2.68 bits per heavy atom. The fourth-order valence-electron chi connectivity index (χ4n) is 3.68. The van der Waals surface area contributed by atoms with Gasteiger partial charge in [0.15, 0.2) is 0 Å². The second-order valence-electron chi connectivity index (χ2n) is 7.56. The molecular weight excluding hydrogens is 416 g/mol. The molecule has 1 fully saturated rings. The number of nitrogens with one attached hydrogen (secondary N) is 2. The molecule has 3 aromatic rings. The van der Waals surface area contributed by atoms with Gasteiger partial charge in [-0.15, -0.1) is 10.2 Å². The summed E-state index contributed by atoms with van der Waals surface area (Å²) >= 11 is 5.98. The Balaban J connectivity index is 1.45. The number of anilines is 1. The van der Waals surface area contributed by atoms with Crippen LogP contribution in [0.2, 0.25) is 5.02 Å². The van der Waals surface area contributed by atoms with E-state index < -0.39 is 0 Å². The van der Waals surface area contributed by atoms with Crippen LogP contribution in [0, 0.1) is 0 Å². The summed E-state index contributed by atoms with van der Waals surface area (Å²) in [5.41, 5.74) is 1.59. The highest BCUT2D eigenvalue weighted by molar-refractivity contribution is 6.31. The Kier molecular flexibility index (Phi) is 6.57. The van der Waals surface area contributed by atoms with Crippen molar-refractivity contribution in [2.24, 2.45) is 0 Å². The number of carbonyl (C=O) groups excluding carboxylic acids is 2. The van der Waals surface area contributed by atoms with E-state index in [0.29, 0.717) is 27.7 Å². The van der Waals surface area contributed by atoms with Crippen molar-refractivity contribution in [3.63, 3.8) is 0 Å². The molecule has 0 unspecified atom stereocenters. The number of halogens is 1. The Morgan fingerprint density at radius 1 is 1.06 bits per heavy atom. The monoisotopic (exact) mass is 438 g/mol. The largest absolute Gasteiger partial charge is 0.352 e. The number of carbonyl (C=O) groups is 2. The number of aromatic nitrogens is 4. The van der Waals surface area contributed by atoms with Gasteiger partial charge in [0.05, 0.1) is 5.69 Å². The third-order valence-electron chi connectivity index (χ3n) is 5.21. The second-order valence-corrected chi connectivity index (χ2v) is 7.99. The van der Waals surface area contributed by atoms with Crippen molar-refractivity contribution in [1.82, 2.24) is 25.5 Å². The summed E-state index contributed by atoms with van der Waals surface area (Å²) in [6.07, 6.45) is 5.55. The second kappa shape index (κ2) is 9.70. The molecule has 1 heterocycles. The standard InChI is InChI=1S/C22H23ClN6O2/c23-16-8-6-7-15(13-16)22(31)25-19-12-5-4-11-18(19)21-26-28-29(27-21)14-20(30)24-17-9-2-1-3-10-17/h4-8,11-13,17H,1-3,9-10,14H2,(H,24,30)(H,25,31). The van der Waals surface area contributed by atoms with E-state index in [9.17, 15) is 9.59 Å². The molecule has 1 aliphatic rings. The quantitative estimate of drug-likeness (QED) is 0.611. The van der Waals surface area contributed by atoms with Gasteiger partial charge in [0, 0.05) is 22.2 Å². The summed E-state index contributed by atoms with van der Waals surface area (Å²) in [6, 6.07) is 14.1. The maximum Gasteiger partial charge on any atom is 0.255 e. The molecule has 2 aromatic carbocycles. The smallest absolute Gasteiger partial charge is 0.255 e. The Morgan fingerprint density at radius 2 is 1.87 bits per heavy atom. The number of tetrazole rings is 1. The number of hydrogen-bond donors (Lipinski definition) is 2. The summed E-state index contributed by atoms with van der Waals surface area (Å²) in [7, 11) is 0. The van der Waals surface area contributed by atoms with Crippen molar-refractivity contribution in [2.75, 3.05) is 5.32 Å². The van der Waals surface area contributed by atoms with Gasteiger partial charge in [0.25, 0.3) is 5.91 Å². The first kappa shape index (κ1) is 21.0. The van der Waals surface area contributed by atoms with Gasteiger partial charge in [-0.2, -0.15) is 4.80 Å². The molecule has 4 rings (SSSR count). The van der Waals surface area contributed by atoms with Gasteiger partial charge in [-0.25, -0.2) is 0 Å². The highest BCUT2D eigenvalue weighted by Crippen LogP contribution is 2.25. The van der Waals surface area contributed by atoms with Gasteiger partial charge in [-0.05, 0) is 48.4 Å². The van der Waals surface area contributed by atoms with Crippen LogP contribution in [0.5, 0.6) is 0 Å². The van der Waals surface area contributed by atoms with Crippen LogP contribution < -0.4 is 10.6 Å². The summed E-state index contributed by atoms with van der Waals surface area (Å²) in [4.78, 5) is 26.2. The average Bonchev–Trinajstić information content (AvgIpc) is 3.23. The van der Waals surface area contributed by atoms with Crippen LogP contribution in [-0.2, 0) is 11.3 Å². The van der Waals surface area contributed by atoms with Crippen LogP contribution in [0.25, 0.3) is 11.4 Å². The summed E-state index contributed by atoms with van der Waals surface area (Å²) in [5, 5.41) is 18.8. The van der Waals surface area contributed by atoms with Crippen molar-refractivity contribution in [1.29, 1.82) is 0 Å². The summed E-state index contributed by atoms with van der Waals surface area (Å²) in [6.45, 7) is 0.000536. The SMILES string of the molecule is O=C(Cn1nnc(-c2ccccc2NC(=O)c2cccc(Cl)c2)n1)NC1CCCCC1. The Labute approximate surface area is 185 Å². The maximum absolute atomic E-state index is 12.6. The molecule has 0 radical (unpaired) electrons. The van der Waals surface area contributed by atoms with Gasteiger partial charge in [-0.1, -0.05) is 49.1 Å². The molecule has 9 heteroatoms. The lowest BCUT2D eigenvalue weighted by atomic mass is 9.95. The van der Waals surface area contributed by atoms with E-state index in [4.69, 9.17) is 11.6 Å². The number of para-hydroxylation sites is 1. The predicted octanol–water partition coefficient (Wildman–Crippen LogP) is 3.69. The van der Waals surface area contributed by atoms with Gasteiger partial charge in [-0.3, -0.25) is 9.59 Å². The molecule has 31 heavy (non-hydrogen) atoms. The fraction of sp³-hybridized carbons (Fsp3) is 0.318. The van der Waals surface area contributed by atoms with Crippen molar-refractivity contribution in [3.05, 3.63) is 59.1 Å². The van der Waals surface area contributed by atoms with Crippen LogP contribution >= 0.6 is 11.6 Å². The molecule has 2 amide bonds. The highest BCUT2D eigenvalue weighted by Gasteiger charge is 2.18. The molecule has 1 saturated carbocycles. The number of rotatable bonds is 6. The lowest BCUT2D eigenvalue weighted by Gasteiger charge is -2.22. The number of hydrogen-bond acceptors (Lipinski definition) is 5. The van der Waals surface area contributed by atoms with Gasteiger partial charge in [0.1, 0.15) is 6.54 Å². The van der Waals surface area contributed by atoms with E-state index in [1.165, 1.54) is 11.2 Å². The molecule has 2 N–H and O–H groups in total. The van der Waals surface area contributed by atoms with Gasteiger partial charge < -0.3 is 10.6 Å². The van der Waals surface area contributed by atoms with Crippen molar-refractivity contribution in [2.45, 2.75) is 44.7 Å². The van der Waals surface area contributed by atoms with Crippen LogP contribution in [0.15, 0.2) is 48.5 Å². The number of amides is 2. The normalized spacial score (nSPS) is 14.2. The van der Waals surface area contributed by atoms with E-state index in [-0.39, 0.29) is 24.4 Å². The first-order chi connectivity index (χ1) is 15.1. The third-order valence-corrected chi connectivity index (χ3v) is 5.45. The van der Waals surface area contributed by atoms with E-state index in [2.05, 4.69) is 26.0 Å². The van der Waals surface area contributed by atoms with Crippen LogP contribution in [0.3, 0.4) is 0 Å². The van der Waals surface area contributed by atoms with E-state index in [1.54, 1.807) is 42.5 Å². The van der Waals surface area contributed by atoms with Gasteiger partial charge >= 0.3 is 0 Å². The minimum atomic E-state index is -0.297. The molecule has 0 saturated heterocycles. The molecule has 160 valence electrons. The zero-order valence-corrected chi connectivity index (χ0v) is 17.7. The molecule has 0 atom stereocenters. The Bertz CT molecular complexity index is 1080. The average molecular weight is 439 g/mol. The van der Waals surface area contributed by atoms with Crippen LogP contribution in [0.4, 0.5) is 5.69 Å². The van der Waals surface area contributed by atoms with Crippen molar-refractivity contribution >= 4 is 29.1 Å². The van der Waals surface area contributed by atoms with E-state index in [0.717, 1.165) is 25.7 Å². The Hall–Kier alpha value is -3.26. The first-order valence-electron chi connectivity index (χ1n) is 10.3. The van der Waals surface area contributed by atoms with Crippen molar-refractivity contribution < 1.29 is 9.59 Å². The first-order valence-corrected chi connectivity index (χ1v) is 10.7. The van der Waals surface area contributed by atoms with Crippen molar-refractivity contribution in [3.8, 4) is 11.4 Å². The zero-order valence-electron chi connectivity index (χ0n) is 16.9. The van der Waals surface area contributed by atoms with E-state index in [1.807, 2.05) is 6.07 Å². The predicted molar refractivity (Wildman–Crippen MR) is 118 cm³/mol. The van der Waals surface area contributed by atoms with E-state index >= 15 is 0 Å². The molecule has 8 nitrogen and oxygen atoms in total. The topological polar surface area (TPSA) is 102 Å². The molecule has 1 aromatic heterocycles.